The van der Waals surface area contributed by atoms with E-state index in [1.165, 1.54) is 24.5 Å². The van der Waals surface area contributed by atoms with E-state index in [-0.39, 0.29) is 0 Å². The molecule has 0 aliphatic carbocycles. The van der Waals surface area contributed by atoms with Crippen LogP contribution in [-0.2, 0) is 0 Å². The van der Waals surface area contributed by atoms with Crippen molar-refractivity contribution in [3.05, 3.63) is 0 Å². The molecular weight excluding hydrogens is 210 g/mol. The fraction of sp³-hybridized carbons (Fsp3) is 1.00. The lowest BCUT2D eigenvalue weighted by molar-refractivity contribution is 0.713. The molecule has 1 N–H and O–H groups in total. The number of nitrogens with one attached hydrogen (secondary N) is 1. The maximum Gasteiger partial charge on any atom is 0.0157 e. The Hall–Kier alpha value is 0.790. The molecule has 0 saturated carbocycles. The lowest BCUT2D eigenvalue weighted by Crippen LogP contribution is -2.17. The van der Waals surface area contributed by atoms with Crippen LogP contribution in [0, 0.1) is 0 Å². The van der Waals surface area contributed by atoms with Gasteiger partial charge in [0.05, 0.1) is 0 Å². The van der Waals surface area contributed by atoms with Crippen LogP contribution in [0.3, 0.4) is 0 Å². The van der Waals surface area contributed by atoms with E-state index in [1.807, 2.05) is 11.8 Å². The normalized spacial score (nSPS) is 10.2. The van der Waals surface area contributed by atoms with Crippen molar-refractivity contribution in [3.8, 4) is 0 Å². The Kier molecular flexibility index (Phi) is 10.6. The highest BCUT2D eigenvalue weighted by atomic mass is 79.9. The van der Waals surface area contributed by atoms with Gasteiger partial charge in [0.1, 0.15) is 0 Å². The molecule has 0 aromatic carbocycles. The number of thioether (sulfide) groups is 1. The predicted octanol–water partition coefficient (Wildman–Crippen LogP) is 2.11. The van der Waals surface area contributed by atoms with Crippen LogP contribution in [0.25, 0.3) is 0 Å². The maximum atomic E-state index is 3.36. The summed E-state index contributed by atoms with van der Waals surface area (Å²) in [5.74, 6) is 2.55. The van der Waals surface area contributed by atoms with E-state index in [0.29, 0.717) is 0 Å². The molecule has 0 unspecified atom stereocenters. The molecule has 0 amide bonds. The third kappa shape index (κ3) is 8.79. The number of hydrogen-bond acceptors (Lipinski definition) is 2. The van der Waals surface area contributed by atoms with E-state index < -0.39 is 0 Å². The summed E-state index contributed by atoms with van der Waals surface area (Å²) in [6, 6.07) is 0. The Morgan fingerprint density at radius 3 is 2.80 bits per heavy atom. The SMILES string of the molecule is CCSCCCNCCBr. The summed E-state index contributed by atoms with van der Waals surface area (Å²) in [5.41, 5.74) is 0. The van der Waals surface area contributed by atoms with Crippen molar-refractivity contribution in [2.75, 3.05) is 29.9 Å². The highest BCUT2D eigenvalue weighted by Gasteiger charge is 1.86. The molecular formula is C7H16BrNS. The largest absolute Gasteiger partial charge is 0.316 e. The Bertz CT molecular complexity index is 53.6. The Morgan fingerprint density at radius 2 is 2.20 bits per heavy atom. The van der Waals surface area contributed by atoms with Gasteiger partial charge in [-0.1, -0.05) is 22.9 Å². The maximum absolute atomic E-state index is 3.36. The smallest absolute Gasteiger partial charge is 0.0157 e. The van der Waals surface area contributed by atoms with E-state index in [9.17, 15) is 0 Å². The molecule has 0 spiro atoms. The van der Waals surface area contributed by atoms with Crippen LogP contribution in [0.15, 0.2) is 0 Å². The molecule has 0 bridgehead atoms. The molecule has 0 rings (SSSR count). The average molecular weight is 226 g/mol. The number of hydrogen-bond donors (Lipinski definition) is 1. The summed E-state index contributed by atoms with van der Waals surface area (Å²) in [6.45, 7) is 4.46. The molecule has 62 valence electrons. The van der Waals surface area contributed by atoms with Crippen molar-refractivity contribution < 1.29 is 0 Å². The van der Waals surface area contributed by atoms with E-state index in [0.717, 1.165) is 11.9 Å². The molecule has 10 heavy (non-hydrogen) atoms. The number of halogens is 1. The van der Waals surface area contributed by atoms with Crippen LogP contribution in [0.4, 0.5) is 0 Å². The van der Waals surface area contributed by atoms with Gasteiger partial charge in [-0.15, -0.1) is 0 Å². The lowest BCUT2D eigenvalue weighted by Gasteiger charge is -2.00. The second kappa shape index (κ2) is 9.79. The second-order valence-corrected chi connectivity index (χ2v) is 4.18. The first-order valence-electron chi connectivity index (χ1n) is 3.76. The van der Waals surface area contributed by atoms with E-state index in [4.69, 9.17) is 0 Å². The summed E-state index contributed by atoms with van der Waals surface area (Å²) < 4.78 is 0. The van der Waals surface area contributed by atoms with Crippen LogP contribution in [0.1, 0.15) is 13.3 Å². The summed E-state index contributed by atoms with van der Waals surface area (Å²) >= 11 is 5.38. The van der Waals surface area contributed by atoms with Crippen LogP contribution >= 0.6 is 27.7 Å². The Labute approximate surface area is 76.5 Å². The minimum Gasteiger partial charge on any atom is -0.316 e. The van der Waals surface area contributed by atoms with Crippen LogP contribution in [-0.4, -0.2) is 29.9 Å². The monoisotopic (exact) mass is 225 g/mol. The summed E-state index contributed by atoms with van der Waals surface area (Å²) in [4.78, 5) is 0. The predicted molar refractivity (Wildman–Crippen MR) is 54.3 cm³/mol. The zero-order valence-corrected chi connectivity index (χ0v) is 8.93. The number of rotatable bonds is 7. The summed E-state index contributed by atoms with van der Waals surface area (Å²) in [5, 5.41) is 4.40. The van der Waals surface area contributed by atoms with Gasteiger partial charge in [0.15, 0.2) is 0 Å². The third-order valence-electron chi connectivity index (χ3n) is 1.12. The van der Waals surface area contributed by atoms with E-state index >= 15 is 0 Å². The van der Waals surface area contributed by atoms with Crippen molar-refractivity contribution in [2.24, 2.45) is 0 Å². The first kappa shape index (κ1) is 10.8. The second-order valence-electron chi connectivity index (χ2n) is 1.99. The highest BCUT2D eigenvalue weighted by Crippen LogP contribution is 1.99. The molecule has 3 heteroatoms. The Balaban J connectivity index is 2.65. The van der Waals surface area contributed by atoms with E-state index in [2.05, 4.69) is 28.2 Å². The zero-order chi connectivity index (χ0) is 7.66. The average Bonchev–Trinajstić information content (AvgIpc) is 1.97. The lowest BCUT2D eigenvalue weighted by atomic mass is 10.5. The highest BCUT2D eigenvalue weighted by molar-refractivity contribution is 9.09. The van der Waals surface area contributed by atoms with Gasteiger partial charge in [-0.05, 0) is 24.5 Å². The van der Waals surface area contributed by atoms with Crippen molar-refractivity contribution >= 4 is 27.7 Å². The first-order chi connectivity index (χ1) is 4.91. The standard InChI is InChI=1S/C7H16BrNS/c1-2-10-7-3-5-9-6-4-8/h9H,2-7H2,1H3. The molecule has 0 radical (unpaired) electrons. The zero-order valence-electron chi connectivity index (χ0n) is 6.53. The van der Waals surface area contributed by atoms with Gasteiger partial charge in [0.2, 0.25) is 0 Å². The molecule has 0 atom stereocenters. The molecule has 1 nitrogen and oxygen atoms in total. The van der Waals surface area contributed by atoms with Gasteiger partial charge in [0, 0.05) is 11.9 Å². The summed E-state index contributed by atoms with van der Waals surface area (Å²) in [7, 11) is 0. The van der Waals surface area contributed by atoms with Gasteiger partial charge >= 0.3 is 0 Å². The van der Waals surface area contributed by atoms with Gasteiger partial charge in [-0.3, -0.25) is 0 Å². The van der Waals surface area contributed by atoms with Gasteiger partial charge < -0.3 is 5.32 Å². The first-order valence-corrected chi connectivity index (χ1v) is 6.03. The molecule has 0 aliphatic rings. The molecule has 0 saturated heterocycles. The van der Waals surface area contributed by atoms with Crippen molar-refractivity contribution in [1.29, 1.82) is 0 Å². The molecule has 0 fully saturated rings. The quantitative estimate of drug-likeness (QED) is 0.527. The number of alkyl halides is 1. The van der Waals surface area contributed by atoms with E-state index in [1.54, 1.807) is 0 Å². The fourth-order valence-corrected chi connectivity index (χ4v) is 1.55. The fourth-order valence-electron chi connectivity index (χ4n) is 0.635. The molecule has 0 aromatic rings. The van der Waals surface area contributed by atoms with Gasteiger partial charge in [0.25, 0.3) is 0 Å². The van der Waals surface area contributed by atoms with Crippen LogP contribution in [0.2, 0.25) is 0 Å². The third-order valence-corrected chi connectivity index (χ3v) is 2.50. The molecule has 0 aromatic heterocycles. The minimum absolute atomic E-state index is 1.06. The van der Waals surface area contributed by atoms with Crippen molar-refractivity contribution in [2.45, 2.75) is 13.3 Å². The van der Waals surface area contributed by atoms with Crippen molar-refractivity contribution in [3.63, 3.8) is 0 Å². The topological polar surface area (TPSA) is 12.0 Å². The van der Waals surface area contributed by atoms with Crippen molar-refractivity contribution in [1.82, 2.24) is 5.32 Å². The molecule has 0 heterocycles. The minimum atomic E-state index is 1.06. The van der Waals surface area contributed by atoms with Crippen LogP contribution < -0.4 is 5.32 Å². The summed E-state index contributed by atoms with van der Waals surface area (Å²) in [6.07, 6.45) is 1.30. The Morgan fingerprint density at radius 1 is 1.40 bits per heavy atom. The van der Waals surface area contributed by atoms with Crippen LogP contribution in [0.5, 0.6) is 0 Å². The van der Waals surface area contributed by atoms with Gasteiger partial charge in [-0.25, -0.2) is 0 Å². The van der Waals surface area contributed by atoms with Gasteiger partial charge in [-0.2, -0.15) is 11.8 Å². The molecule has 0 aliphatic heterocycles.